The van der Waals surface area contributed by atoms with Gasteiger partial charge in [-0.15, -0.1) is 11.3 Å². The van der Waals surface area contributed by atoms with Crippen molar-refractivity contribution in [1.29, 1.82) is 0 Å². The van der Waals surface area contributed by atoms with Crippen molar-refractivity contribution < 1.29 is 9.90 Å². The van der Waals surface area contributed by atoms with E-state index in [1.165, 1.54) is 11.3 Å². The fraction of sp³-hybridized carbons (Fsp3) is 0.231. The molecule has 1 N–H and O–H groups in total. The number of carboxylic acids is 1. The molecule has 0 saturated carbocycles. The minimum absolute atomic E-state index is 0.559. The van der Waals surface area contributed by atoms with Crippen molar-refractivity contribution in [3.8, 4) is 11.3 Å². The summed E-state index contributed by atoms with van der Waals surface area (Å²) in [6.07, 6.45) is 0. The van der Waals surface area contributed by atoms with E-state index < -0.39 is 11.9 Å². The zero-order valence-corrected chi connectivity index (χ0v) is 12.4. The lowest BCUT2D eigenvalue weighted by molar-refractivity contribution is -0.138. The van der Waals surface area contributed by atoms with Gasteiger partial charge in [-0.05, 0) is 31.5 Å². The van der Waals surface area contributed by atoms with Crippen molar-refractivity contribution in [3.63, 3.8) is 0 Å². The van der Waals surface area contributed by atoms with Crippen molar-refractivity contribution in [3.05, 3.63) is 38.6 Å². The topological polar surface area (TPSA) is 50.2 Å². The Morgan fingerprint density at radius 3 is 2.89 bits per heavy atom. The van der Waals surface area contributed by atoms with E-state index in [1.54, 1.807) is 6.92 Å². The third kappa shape index (κ3) is 2.62. The van der Waals surface area contributed by atoms with Crippen LogP contribution in [-0.2, 0) is 4.79 Å². The number of carbonyl (C=O) groups is 1. The first kappa shape index (κ1) is 13.2. The maximum absolute atomic E-state index is 10.9. The number of benzene rings is 1. The molecule has 0 amide bonds. The van der Waals surface area contributed by atoms with Crippen LogP contribution in [0.2, 0.25) is 0 Å². The van der Waals surface area contributed by atoms with Crippen LogP contribution in [0.4, 0.5) is 0 Å². The number of aryl methyl sites for hydroxylation is 1. The molecule has 0 bridgehead atoms. The summed E-state index contributed by atoms with van der Waals surface area (Å²) in [6.45, 7) is 3.67. The van der Waals surface area contributed by atoms with E-state index in [9.17, 15) is 4.79 Å². The summed E-state index contributed by atoms with van der Waals surface area (Å²) in [6, 6.07) is 5.99. The molecule has 0 fully saturated rings. The average Bonchev–Trinajstić information content (AvgIpc) is 2.80. The number of nitrogens with zero attached hydrogens (tertiary/aromatic N) is 1. The van der Waals surface area contributed by atoms with Crippen molar-refractivity contribution in [2.24, 2.45) is 0 Å². The maximum atomic E-state index is 10.9. The van der Waals surface area contributed by atoms with Gasteiger partial charge in [0.25, 0.3) is 0 Å². The highest BCUT2D eigenvalue weighted by Crippen LogP contribution is 2.30. The summed E-state index contributed by atoms with van der Waals surface area (Å²) in [4.78, 5) is 15.3. The molecule has 1 aromatic carbocycles. The second-order valence-corrected chi connectivity index (χ2v) is 5.90. The number of rotatable bonds is 3. The van der Waals surface area contributed by atoms with Crippen molar-refractivity contribution >= 4 is 33.2 Å². The fourth-order valence-electron chi connectivity index (χ4n) is 1.59. The van der Waals surface area contributed by atoms with Gasteiger partial charge in [0.2, 0.25) is 0 Å². The minimum Gasteiger partial charge on any atom is -0.481 e. The summed E-state index contributed by atoms with van der Waals surface area (Å²) in [5, 5.41) is 11.5. The first-order valence-electron chi connectivity index (χ1n) is 5.44. The number of hydrogen-bond donors (Lipinski definition) is 1. The van der Waals surface area contributed by atoms with Crippen molar-refractivity contribution in [2.75, 3.05) is 0 Å². The lowest BCUT2D eigenvalue weighted by Gasteiger charge is -2.03. The largest absolute Gasteiger partial charge is 0.481 e. The Morgan fingerprint density at radius 1 is 1.50 bits per heavy atom. The van der Waals surface area contributed by atoms with E-state index in [0.717, 1.165) is 21.3 Å². The fourth-order valence-corrected chi connectivity index (χ4v) is 2.82. The SMILES string of the molecule is Cc1ccc(Br)cc1-c1csc(C(C)C(=O)O)n1. The summed E-state index contributed by atoms with van der Waals surface area (Å²) in [7, 11) is 0. The quantitative estimate of drug-likeness (QED) is 0.925. The zero-order chi connectivity index (χ0) is 13.3. The molecule has 0 aliphatic heterocycles. The van der Waals surface area contributed by atoms with Gasteiger partial charge in [-0.2, -0.15) is 0 Å². The number of thiazole rings is 1. The normalized spacial score (nSPS) is 12.4. The third-order valence-electron chi connectivity index (χ3n) is 2.74. The van der Waals surface area contributed by atoms with E-state index >= 15 is 0 Å². The van der Waals surface area contributed by atoms with Crippen LogP contribution in [0, 0.1) is 6.92 Å². The van der Waals surface area contributed by atoms with Crippen LogP contribution in [0.3, 0.4) is 0 Å². The summed E-state index contributed by atoms with van der Waals surface area (Å²) in [5.74, 6) is -1.40. The number of halogens is 1. The van der Waals surface area contributed by atoms with Crippen LogP contribution in [-0.4, -0.2) is 16.1 Å². The van der Waals surface area contributed by atoms with Gasteiger partial charge in [-0.1, -0.05) is 22.0 Å². The molecule has 1 atom stereocenters. The summed E-state index contributed by atoms with van der Waals surface area (Å²) < 4.78 is 0.990. The molecular weight excluding hydrogens is 314 g/mol. The number of carboxylic acid groups (broad SMARTS) is 1. The van der Waals surface area contributed by atoms with Gasteiger partial charge in [0, 0.05) is 15.4 Å². The Kier molecular flexibility index (Phi) is 3.82. The van der Waals surface area contributed by atoms with Crippen LogP contribution in [0.15, 0.2) is 28.1 Å². The van der Waals surface area contributed by atoms with Gasteiger partial charge < -0.3 is 5.11 Å². The van der Waals surface area contributed by atoms with Gasteiger partial charge in [0.05, 0.1) is 5.69 Å². The highest BCUT2D eigenvalue weighted by Gasteiger charge is 2.18. The highest BCUT2D eigenvalue weighted by molar-refractivity contribution is 9.10. The molecule has 1 aromatic heterocycles. The van der Waals surface area contributed by atoms with E-state index in [-0.39, 0.29) is 0 Å². The van der Waals surface area contributed by atoms with E-state index in [2.05, 4.69) is 20.9 Å². The van der Waals surface area contributed by atoms with Crippen LogP contribution in [0.25, 0.3) is 11.3 Å². The Hall–Kier alpha value is -1.20. The second kappa shape index (κ2) is 5.20. The van der Waals surface area contributed by atoms with Crippen LogP contribution >= 0.6 is 27.3 Å². The number of aromatic nitrogens is 1. The standard InChI is InChI=1S/C13H12BrNO2S/c1-7-3-4-9(14)5-10(7)11-6-18-12(15-11)8(2)13(16)17/h3-6,8H,1-2H3,(H,16,17). The monoisotopic (exact) mass is 325 g/mol. The van der Waals surface area contributed by atoms with Gasteiger partial charge in [-0.25, -0.2) is 4.98 Å². The molecule has 94 valence electrons. The third-order valence-corrected chi connectivity index (χ3v) is 4.26. The summed E-state index contributed by atoms with van der Waals surface area (Å²) >= 11 is 4.82. The average molecular weight is 326 g/mol. The lowest BCUT2D eigenvalue weighted by atomic mass is 10.1. The van der Waals surface area contributed by atoms with Gasteiger partial charge >= 0.3 is 5.97 Å². The number of hydrogen-bond acceptors (Lipinski definition) is 3. The predicted molar refractivity (Wildman–Crippen MR) is 76.0 cm³/mol. The van der Waals surface area contributed by atoms with E-state index in [0.29, 0.717) is 5.01 Å². The van der Waals surface area contributed by atoms with E-state index in [1.807, 2.05) is 30.5 Å². The Labute approximate surface area is 118 Å². The Balaban J connectivity index is 2.41. The first-order chi connectivity index (χ1) is 8.49. The smallest absolute Gasteiger partial charge is 0.313 e. The predicted octanol–water partition coefficient (Wildman–Crippen LogP) is 4.07. The van der Waals surface area contributed by atoms with Crippen LogP contribution in [0.1, 0.15) is 23.4 Å². The maximum Gasteiger partial charge on any atom is 0.313 e. The molecule has 0 spiro atoms. The zero-order valence-electron chi connectivity index (χ0n) is 9.98. The molecule has 2 aromatic rings. The van der Waals surface area contributed by atoms with E-state index in [4.69, 9.17) is 5.11 Å². The molecule has 5 heteroatoms. The summed E-state index contributed by atoms with van der Waals surface area (Å²) in [5.41, 5.74) is 2.99. The van der Waals surface area contributed by atoms with Crippen molar-refractivity contribution in [1.82, 2.24) is 4.98 Å². The number of aliphatic carboxylic acids is 1. The molecule has 1 heterocycles. The van der Waals surface area contributed by atoms with Gasteiger partial charge in [0.1, 0.15) is 10.9 Å². The minimum atomic E-state index is -0.845. The molecule has 2 rings (SSSR count). The molecule has 1 unspecified atom stereocenters. The second-order valence-electron chi connectivity index (χ2n) is 4.09. The molecule has 0 aliphatic carbocycles. The molecule has 0 aliphatic rings. The van der Waals surface area contributed by atoms with Crippen molar-refractivity contribution in [2.45, 2.75) is 19.8 Å². The lowest BCUT2D eigenvalue weighted by Crippen LogP contribution is -2.06. The van der Waals surface area contributed by atoms with Crippen LogP contribution < -0.4 is 0 Å². The molecular formula is C13H12BrNO2S. The molecule has 18 heavy (non-hydrogen) atoms. The molecule has 0 saturated heterocycles. The Morgan fingerprint density at radius 2 is 2.22 bits per heavy atom. The molecule has 0 radical (unpaired) electrons. The first-order valence-corrected chi connectivity index (χ1v) is 7.11. The van der Waals surface area contributed by atoms with Crippen LogP contribution in [0.5, 0.6) is 0 Å². The molecule has 3 nitrogen and oxygen atoms in total. The Bertz CT molecular complexity index is 594. The van der Waals surface area contributed by atoms with Gasteiger partial charge in [0.15, 0.2) is 0 Å². The van der Waals surface area contributed by atoms with Gasteiger partial charge in [-0.3, -0.25) is 4.79 Å². The highest BCUT2D eigenvalue weighted by atomic mass is 79.9.